The van der Waals surface area contributed by atoms with Crippen LogP contribution in [0.15, 0.2) is 35.4 Å². The van der Waals surface area contributed by atoms with Crippen LogP contribution in [0.1, 0.15) is 35.7 Å². The fraction of sp³-hybridized carbons (Fsp3) is 0.294. The minimum atomic E-state index is -0.181. The molecule has 124 valence electrons. The zero-order chi connectivity index (χ0) is 17.4. The molecule has 1 aromatic carbocycles. The molecule has 3 aromatic rings. The van der Waals surface area contributed by atoms with Gasteiger partial charge in [-0.1, -0.05) is 26.0 Å². The maximum Gasteiger partial charge on any atom is 0.279 e. The van der Waals surface area contributed by atoms with Crippen molar-refractivity contribution in [2.24, 2.45) is 0 Å². The highest BCUT2D eigenvalue weighted by Gasteiger charge is 2.18. The molecule has 7 nitrogen and oxygen atoms in total. The highest BCUT2D eigenvalue weighted by molar-refractivity contribution is 5.94. The molecule has 2 aromatic heterocycles. The number of hydrogen-bond acceptors (Lipinski definition) is 4. The lowest BCUT2D eigenvalue weighted by atomic mass is 9.97. The summed E-state index contributed by atoms with van der Waals surface area (Å²) in [5.74, 6) is 0.348. The minimum Gasteiger partial charge on any atom is -0.345 e. The number of amides is 1. The van der Waals surface area contributed by atoms with Crippen molar-refractivity contribution in [3.8, 4) is 11.3 Å². The van der Waals surface area contributed by atoms with Crippen molar-refractivity contribution in [1.82, 2.24) is 24.5 Å². The standard InChI is InChI=1S/C17H19N5O2/c1-10(2)13-14(20-17-18-9-19-22(17)16(13)24)11-5-7-12(8-6-11)15(23)21(3)4/h5-10H,1-4H3,(H,18,19,20). The number of nitrogens with zero attached hydrogens (tertiary/aromatic N) is 4. The summed E-state index contributed by atoms with van der Waals surface area (Å²) in [6.45, 7) is 3.92. The van der Waals surface area contributed by atoms with Gasteiger partial charge in [0, 0.05) is 25.2 Å². The van der Waals surface area contributed by atoms with Crippen molar-refractivity contribution in [3.05, 3.63) is 52.1 Å². The number of benzene rings is 1. The molecule has 3 rings (SSSR count). The van der Waals surface area contributed by atoms with E-state index in [0.29, 0.717) is 22.6 Å². The van der Waals surface area contributed by atoms with E-state index in [9.17, 15) is 9.59 Å². The van der Waals surface area contributed by atoms with Crippen LogP contribution in [0.5, 0.6) is 0 Å². The maximum absolute atomic E-state index is 12.7. The monoisotopic (exact) mass is 325 g/mol. The number of hydrogen-bond donors (Lipinski definition) is 1. The molecule has 0 bridgehead atoms. The van der Waals surface area contributed by atoms with Gasteiger partial charge in [-0.3, -0.25) is 9.59 Å². The van der Waals surface area contributed by atoms with Crippen molar-refractivity contribution >= 4 is 11.7 Å². The third-order valence-corrected chi connectivity index (χ3v) is 3.88. The molecule has 0 saturated carbocycles. The van der Waals surface area contributed by atoms with Gasteiger partial charge >= 0.3 is 0 Å². The van der Waals surface area contributed by atoms with Crippen LogP contribution >= 0.6 is 0 Å². The molecular formula is C17H19N5O2. The average molecular weight is 325 g/mol. The first-order chi connectivity index (χ1) is 11.4. The minimum absolute atomic E-state index is 0.0143. The molecule has 0 unspecified atom stereocenters. The van der Waals surface area contributed by atoms with E-state index in [1.54, 1.807) is 26.2 Å². The highest BCUT2D eigenvalue weighted by atomic mass is 16.2. The van der Waals surface area contributed by atoms with Crippen LogP contribution in [0.2, 0.25) is 0 Å². The fourth-order valence-electron chi connectivity index (χ4n) is 2.68. The van der Waals surface area contributed by atoms with Gasteiger partial charge in [-0.15, -0.1) is 0 Å². The Morgan fingerprint density at radius 1 is 1.21 bits per heavy atom. The Labute approximate surface area is 139 Å². The van der Waals surface area contributed by atoms with Crippen LogP contribution < -0.4 is 5.56 Å². The number of aromatic nitrogens is 4. The van der Waals surface area contributed by atoms with E-state index in [1.165, 1.54) is 15.7 Å². The molecule has 0 aliphatic carbocycles. The van der Waals surface area contributed by atoms with Crippen LogP contribution in [0.3, 0.4) is 0 Å². The zero-order valence-electron chi connectivity index (χ0n) is 14.1. The van der Waals surface area contributed by atoms with Gasteiger partial charge in [0.05, 0.1) is 5.69 Å². The molecule has 0 radical (unpaired) electrons. The third kappa shape index (κ3) is 2.58. The number of rotatable bonds is 3. The van der Waals surface area contributed by atoms with E-state index >= 15 is 0 Å². The first kappa shape index (κ1) is 15.9. The molecule has 0 spiro atoms. The molecule has 0 aliphatic rings. The van der Waals surface area contributed by atoms with Crippen LogP contribution in [0.4, 0.5) is 0 Å². The highest BCUT2D eigenvalue weighted by Crippen LogP contribution is 2.25. The van der Waals surface area contributed by atoms with Crippen LogP contribution in [0, 0.1) is 0 Å². The van der Waals surface area contributed by atoms with E-state index in [0.717, 1.165) is 5.56 Å². The molecule has 1 N–H and O–H groups in total. The summed E-state index contributed by atoms with van der Waals surface area (Å²) >= 11 is 0. The normalized spacial score (nSPS) is 11.2. The molecular weight excluding hydrogens is 306 g/mol. The first-order valence-corrected chi connectivity index (χ1v) is 7.68. The Bertz CT molecular complexity index is 951. The van der Waals surface area contributed by atoms with Gasteiger partial charge in [0.1, 0.15) is 6.33 Å². The number of aromatic amines is 1. The summed E-state index contributed by atoms with van der Waals surface area (Å²) in [4.78, 5) is 33.5. The fourth-order valence-corrected chi connectivity index (χ4v) is 2.68. The maximum atomic E-state index is 12.7. The second-order valence-electron chi connectivity index (χ2n) is 6.15. The number of nitrogens with one attached hydrogen (secondary N) is 1. The molecule has 0 fully saturated rings. The number of carbonyl (C=O) groups excluding carboxylic acids is 1. The molecule has 0 saturated heterocycles. The van der Waals surface area contributed by atoms with Crippen molar-refractivity contribution in [3.63, 3.8) is 0 Å². The molecule has 1 amide bonds. The van der Waals surface area contributed by atoms with Gasteiger partial charge in [-0.2, -0.15) is 14.6 Å². The van der Waals surface area contributed by atoms with Gasteiger partial charge in [-0.05, 0) is 23.6 Å². The predicted molar refractivity (Wildman–Crippen MR) is 91.2 cm³/mol. The summed E-state index contributed by atoms with van der Waals surface area (Å²) in [5, 5.41) is 3.96. The van der Waals surface area contributed by atoms with Crippen molar-refractivity contribution in [1.29, 1.82) is 0 Å². The smallest absolute Gasteiger partial charge is 0.279 e. The van der Waals surface area contributed by atoms with E-state index in [1.807, 2.05) is 26.0 Å². The predicted octanol–water partition coefficient (Wildman–Crippen LogP) is 1.91. The van der Waals surface area contributed by atoms with Gasteiger partial charge in [0.2, 0.25) is 5.78 Å². The lowest BCUT2D eigenvalue weighted by Gasteiger charge is -2.14. The number of carbonyl (C=O) groups is 1. The van der Waals surface area contributed by atoms with E-state index < -0.39 is 0 Å². The lowest BCUT2D eigenvalue weighted by Crippen LogP contribution is -2.23. The summed E-state index contributed by atoms with van der Waals surface area (Å²) in [5.41, 5.74) is 2.59. The number of fused-ring (bicyclic) bond motifs is 1. The van der Waals surface area contributed by atoms with Gasteiger partial charge in [-0.25, -0.2) is 0 Å². The largest absolute Gasteiger partial charge is 0.345 e. The second-order valence-corrected chi connectivity index (χ2v) is 6.15. The zero-order valence-corrected chi connectivity index (χ0v) is 14.1. The Hall–Kier alpha value is -2.96. The van der Waals surface area contributed by atoms with Crippen molar-refractivity contribution < 1.29 is 4.79 Å². The quantitative estimate of drug-likeness (QED) is 0.797. The third-order valence-electron chi connectivity index (χ3n) is 3.88. The summed E-state index contributed by atoms with van der Waals surface area (Å²) < 4.78 is 1.27. The van der Waals surface area contributed by atoms with Crippen LogP contribution in [-0.4, -0.2) is 44.5 Å². The topological polar surface area (TPSA) is 83.4 Å². The van der Waals surface area contributed by atoms with Crippen molar-refractivity contribution in [2.45, 2.75) is 19.8 Å². The van der Waals surface area contributed by atoms with Crippen LogP contribution in [-0.2, 0) is 0 Å². The number of H-pyrrole nitrogens is 1. The van der Waals surface area contributed by atoms with E-state index in [4.69, 9.17) is 0 Å². The Morgan fingerprint density at radius 2 is 1.88 bits per heavy atom. The summed E-state index contributed by atoms with van der Waals surface area (Å²) in [6.07, 6.45) is 1.35. The molecule has 0 aliphatic heterocycles. The van der Waals surface area contributed by atoms with Gasteiger partial charge in [0.25, 0.3) is 11.5 Å². The van der Waals surface area contributed by atoms with Gasteiger partial charge < -0.3 is 9.88 Å². The van der Waals surface area contributed by atoms with Gasteiger partial charge in [0.15, 0.2) is 0 Å². The molecule has 7 heteroatoms. The second kappa shape index (κ2) is 5.92. The molecule has 2 heterocycles. The Morgan fingerprint density at radius 3 is 2.46 bits per heavy atom. The average Bonchev–Trinajstić information content (AvgIpc) is 3.02. The Kier molecular flexibility index (Phi) is 3.92. The van der Waals surface area contributed by atoms with E-state index in [2.05, 4.69) is 15.1 Å². The first-order valence-electron chi connectivity index (χ1n) is 7.68. The SMILES string of the molecule is CC(C)c1c(-c2ccc(C(=O)N(C)C)cc2)[nH]c2ncnn2c1=O. The van der Waals surface area contributed by atoms with E-state index in [-0.39, 0.29) is 17.4 Å². The van der Waals surface area contributed by atoms with Crippen molar-refractivity contribution in [2.75, 3.05) is 14.1 Å². The Balaban J connectivity index is 2.17. The molecule has 24 heavy (non-hydrogen) atoms. The van der Waals surface area contributed by atoms with Crippen LogP contribution in [0.25, 0.3) is 17.0 Å². The lowest BCUT2D eigenvalue weighted by molar-refractivity contribution is 0.0827. The summed E-state index contributed by atoms with van der Waals surface area (Å²) in [7, 11) is 3.42. The molecule has 0 atom stereocenters. The summed E-state index contributed by atoms with van der Waals surface area (Å²) in [6, 6.07) is 7.18.